The maximum absolute atomic E-state index is 11.7. The normalized spacial score (nSPS) is 10.8. The van der Waals surface area contributed by atoms with Crippen LogP contribution in [0.15, 0.2) is 171 Å². The average molecular weight is 823 g/mol. The monoisotopic (exact) mass is 822 g/mol. The maximum atomic E-state index is 11.7. The first kappa shape index (κ1) is 42.2. The van der Waals surface area contributed by atoms with Gasteiger partial charge in [0, 0.05) is 56.0 Å². The second-order valence-corrected chi connectivity index (χ2v) is 15.9. The molecule has 0 fully saturated rings. The minimum Gasteiger partial charge on any atom is -0.458 e. The molecule has 0 radical (unpaired) electrons. The summed E-state index contributed by atoms with van der Waals surface area (Å²) in [5.41, 5.74) is 15.4. The van der Waals surface area contributed by atoms with Crippen molar-refractivity contribution in [2.45, 2.75) is 53.8 Å². The topological polar surface area (TPSA) is 59.1 Å². The highest BCUT2D eigenvalue weighted by Crippen LogP contribution is 2.43. The minimum atomic E-state index is -0.439. The van der Waals surface area contributed by atoms with Crippen molar-refractivity contribution < 1.29 is 19.1 Å². The first-order valence-corrected chi connectivity index (χ1v) is 21.4. The SMILES string of the molecule is C=CC(=O)OCc1ccc(N(c2ccc(CC)cc2)c2ccc(-c3ccc(-c4ccc(N(c5ccc(CC)cc5)c5ccc(COC(=O)C=C)cc5)cc4C)s3)c(C)c2)cc1. The highest BCUT2D eigenvalue weighted by Gasteiger charge is 2.18. The second kappa shape index (κ2) is 19.4. The average Bonchev–Trinajstić information content (AvgIpc) is 3.78. The Morgan fingerprint density at radius 2 is 0.787 bits per heavy atom. The zero-order chi connectivity index (χ0) is 42.9. The van der Waals surface area contributed by atoms with Crippen LogP contribution in [0.5, 0.6) is 0 Å². The number of carbonyl (C=O) groups excluding carboxylic acids is 2. The van der Waals surface area contributed by atoms with Crippen molar-refractivity contribution in [2.24, 2.45) is 0 Å². The molecule has 0 N–H and O–H groups in total. The van der Waals surface area contributed by atoms with Crippen LogP contribution in [0.1, 0.15) is 47.2 Å². The summed E-state index contributed by atoms with van der Waals surface area (Å²) < 4.78 is 10.5. The predicted molar refractivity (Wildman–Crippen MR) is 253 cm³/mol. The lowest BCUT2D eigenvalue weighted by Crippen LogP contribution is -2.10. The maximum Gasteiger partial charge on any atom is 0.330 e. The molecule has 306 valence electrons. The summed E-state index contributed by atoms with van der Waals surface area (Å²) >= 11 is 1.80. The molecule has 7 rings (SSSR count). The van der Waals surface area contributed by atoms with Crippen LogP contribution >= 0.6 is 11.3 Å². The van der Waals surface area contributed by atoms with Crippen molar-refractivity contribution >= 4 is 57.4 Å². The van der Waals surface area contributed by atoms with Gasteiger partial charge in [0.15, 0.2) is 0 Å². The third kappa shape index (κ3) is 9.92. The summed E-state index contributed by atoms with van der Waals surface area (Å²) in [6.07, 6.45) is 4.30. The van der Waals surface area contributed by atoms with Gasteiger partial charge in [-0.2, -0.15) is 0 Å². The minimum absolute atomic E-state index is 0.191. The summed E-state index contributed by atoms with van der Waals surface area (Å²) in [6.45, 7) is 16.0. The number of hydrogen-bond donors (Lipinski definition) is 0. The molecule has 7 aromatic rings. The Morgan fingerprint density at radius 3 is 1.08 bits per heavy atom. The molecule has 0 aliphatic rings. The molecule has 7 heteroatoms. The van der Waals surface area contributed by atoms with Crippen molar-refractivity contribution in [3.8, 4) is 20.9 Å². The van der Waals surface area contributed by atoms with Crippen molar-refractivity contribution in [1.82, 2.24) is 0 Å². The number of thiophene rings is 1. The number of carbonyl (C=O) groups is 2. The Balaban J connectivity index is 1.16. The van der Waals surface area contributed by atoms with Gasteiger partial charge in [-0.25, -0.2) is 9.59 Å². The van der Waals surface area contributed by atoms with Crippen LogP contribution in [0.4, 0.5) is 34.1 Å². The van der Waals surface area contributed by atoms with Crippen LogP contribution in [-0.4, -0.2) is 11.9 Å². The van der Waals surface area contributed by atoms with Gasteiger partial charge in [0.1, 0.15) is 13.2 Å². The molecule has 0 bridgehead atoms. The summed E-state index contributed by atoms with van der Waals surface area (Å²) in [5.74, 6) is -0.878. The fraction of sp³-hybridized carbons (Fsp3) is 0.148. The van der Waals surface area contributed by atoms with E-state index in [0.29, 0.717) is 0 Å². The van der Waals surface area contributed by atoms with E-state index in [9.17, 15) is 9.59 Å². The highest BCUT2D eigenvalue weighted by atomic mass is 32.1. The number of rotatable bonds is 16. The van der Waals surface area contributed by atoms with Crippen LogP contribution in [-0.2, 0) is 45.1 Å². The number of ether oxygens (including phenoxy) is 2. The zero-order valence-electron chi connectivity index (χ0n) is 35.2. The fourth-order valence-electron chi connectivity index (χ4n) is 7.32. The molecule has 0 spiro atoms. The lowest BCUT2D eigenvalue weighted by Gasteiger charge is -2.27. The van der Waals surface area contributed by atoms with E-state index in [4.69, 9.17) is 9.47 Å². The molecule has 6 aromatic carbocycles. The third-order valence-electron chi connectivity index (χ3n) is 10.8. The van der Waals surface area contributed by atoms with E-state index < -0.39 is 11.9 Å². The number of aryl methyl sites for hydroxylation is 4. The van der Waals surface area contributed by atoms with E-state index in [0.717, 1.165) is 58.1 Å². The number of hydrogen-bond acceptors (Lipinski definition) is 7. The number of esters is 2. The van der Waals surface area contributed by atoms with E-state index in [-0.39, 0.29) is 13.2 Å². The van der Waals surface area contributed by atoms with E-state index in [1.807, 2.05) is 24.3 Å². The molecule has 0 aliphatic carbocycles. The molecule has 0 atom stereocenters. The molecular weight excluding hydrogens is 773 g/mol. The van der Waals surface area contributed by atoms with Gasteiger partial charge >= 0.3 is 11.9 Å². The largest absolute Gasteiger partial charge is 0.458 e. The number of nitrogens with zero attached hydrogens (tertiary/aromatic N) is 2. The Morgan fingerprint density at radius 1 is 0.475 bits per heavy atom. The molecule has 1 heterocycles. The van der Waals surface area contributed by atoms with Gasteiger partial charge in [-0.05, 0) is 156 Å². The first-order valence-electron chi connectivity index (χ1n) is 20.5. The summed E-state index contributed by atoms with van der Waals surface area (Å²) in [6, 6.07) is 51.4. The fourth-order valence-corrected chi connectivity index (χ4v) is 8.51. The summed E-state index contributed by atoms with van der Waals surface area (Å²) in [7, 11) is 0. The Kier molecular flexibility index (Phi) is 13.4. The van der Waals surface area contributed by atoms with Crippen molar-refractivity contribution in [3.63, 3.8) is 0 Å². The van der Waals surface area contributed by atoms with E-state index in [1.54, 1.807) is 11.3 Å². The molecule has 0 amide bonds. The van der Waals surface area contributed by atoms with Crippen LogP contribution in [0.3, 0.4) is 0 Å². The lowest BCUT2D eigenvalue weighted by atomic mass is 10.0. The van der Waals surface area contributed by atoms with Gasteiger partial charge < -0.3 is 19.3 Å². The smallest absolute Gasteiger partial charge is 0.330 e. The highest BCUT2D eigenvalue weighted by molar-refractivity contribution is 7.18. The number of anilines is 6. The van der Waals surface area contributed by atoms with Gasteiger partial charge in [0.2, 0.25) is 0 Å². The van der Waals surface area contributed by atoms with Crippen molar-refractivity contribution in [1.29, 1.82) is 0 Å². The molecular formula is C54H50N2O4S. The summed E-state index contributed by atoms with van der Waals surface area (Å²) in [5, 5.41) is 0. The molecule has 0 aliphatic heterocycles. The van der Waals surface area contributed by atoms with Crippen LogP contribution in [0.25, 0.3) is 20.9 Å². The second-order valence-electron chi connectivity index (χ2n) is 14.8. The van der Waals surface area contributed by atoms with Crippen LogP contribution in [0.2, 0.25) is 0 Å². The zero-order valence-corrected chi connectivity index (χ0v) is 36.0. The molecule has 0 unspecified atom stereocenters. The molecule has 61 heavy (non-hydrogen) atoms. The van der Waals surface area contributed by atoms with Gasteiger partial charge in [-0.15, -0.1) is 11.3 Å². The number of benzene rings is 6. The quantitative estimate of drug-likeness (QED) is 0.0715. The Bertz CT molecular complexity index is 2460. The van der Waals surface area contributed by atoms with Gasteiger partial charge in [-0.3, -0.25) is 0 Å². The standard InChI is InChI=1S/C54H50N2O4S/c1-7-39-11-19-43(20-12-39)55(45-23-15-41(16-24-45)35-59-53(57)9-3)47-27-29-49(37(5)33-47)51-31-32-52(61-51)50-30-28-48(34-38(50)6)56(44-21-13-40(8-2)14-22-44)46-25-17-42(18-26-46)36-60-54(58)10-4/h9-34H,3-4,7-8,35-36H2,1-2,5-6H3. The Hall–Kier alpha value is -6.96. The molecule has 6 nitrogen and oxygen atoms in total. The summed E-state index contributed by atoms with van der Waals surface area (Å²) in [4.78, 5) is 30.2. The van der Waals surface area contributed by atoms with Crippen molar-refractivity contribution in [2.75, 3.05) is 9.80 Å². The van der Waals surface area contributed by atoms with Crippen LogP contribution < -0.4 is 9.80 Å². The van der Waals surface area contributed by atoms with E-state index >= 15 is 0 Å². The predicted octanol–water partition coefficient (Wildman–Crippen LogP) is 14.2. The third-order valence-corrected chi connectivity index (χ3v) is 11.9. The molecule has 0 saturated carbocycles. The van der Waals surface area contributed by atoms with E-state index in [1.165, 1.54) is 55.3 Å². The molecule has 0 saturated heterocycles. The van der Waals surface area contributed by atoms with Gasteiger partial charge in [0.05, 0.1) is 0 Å². The van der Waals surface area contributed by atoms with Gasteiger partial charge in [-0.1, -0.05) is 87.7 Å². The lowest BCUT2D eigenvalue weighted by molar-refractivity contribution is -0.139. The first-order chi connectivity index (χ1) is 29.7. The van der Waals surface area contributed by atoms with Gasteiger partial charge in [0.25, 0.3) is 0 Å². The van der Waals surface area contributed by atoms with E-state index in [2.05, 4.69) is 172 Å². The van der Waals surface area contributed by atoms with Crippen molar-refractivity contribution in [3.05, 3.63) is 204 Å². The molecule has 1 aromatic heterocycles. The van der Waals surface area contributed by atoms with Crippen LogP contribution in [0, 0.1) is 13.8 Å². The Labute approximate surface area is 363 Å².